The number of aromatic nitrogens is 2. The Morgan fingerprint density at radius 3 is 2.89 bits per heavy atom. The Labute approximate surface area is 104 Å². The zero-order valence-electron chi connectivity index (χ0n) is 10.2. The molecule has 0 saturated carbocycles. The van der Waals surface area contributed by atoms with E-state index in [-0.39, 0.29) is 18.0 Å². The van der Waals surface area contributed by atoms with Crippen molar-refractivity contribution >= 4 is 5.78 Å². The second-order valence-electron chi connectivity index (χ2n) is 3.90. The summed E-state index contributed by atoms with van der Waals surface area (Å²) in [5.74, 6) is -0.269. The lowest BCUT2D eigenvalue weighted by atomic mass is 10.1. The molecular weight excluding hydrogens is 235 g/mol. The number of nitrogens with zero attached hydrogens (tertiary/aromatic N) is 2. The Morgan fingerprint density at radius 1 is 1.50 bits per heavy atom. The summed E-state index contributed by atoms with van der Waals surface area (Å²) in [6, 6.07) is 4.74. The largest absolute Gasteiger partial charge is 0.494 e. The number of methoxy groups -OCH3 is 1. The van der Waals surface area contributed by atoms with E-state index in [4.69, 9.17) is 4.74 Å². The molecule has 0 aliphatic heterocycles. The number of halogens is 1. The van der Waals surface area contributed by atoms with Crippen LogP contribution >= 0.6 is 0 Å². The van der Waals surface area contributed by atoms with E-state index in [0.717, 1.165) is 0 Å². The van der Waals surface area contributed by atoms with Gasteiger partial charge in [0.05, 0.1) is 7.11 Å². The topological polar surface area (TPSA) is 44.1 Å². The highest BCUT2D eigenvalue weighted by Gasteiger charge is 2.16. The van der Waals surface area contributed by atoms with Gasteiger partial charge in [0.15, 0.2) is 17.4 Å². The fraction of sp³-hybridized carbons (Fsp3) is 0.231. The van der Waals surface area contributed by atoms with E-state index >= 15 is 0 Å². The number of carbonyl (C=O) groups is 1. The first-order chi connectivity index (χ1) is 8.63. The molecule has 2 rings (SSSR count). The molecule has 0 saturated heterocycles. The van der Waals surface area contributed by atoms with Gasteiger partial charge in [-0.25, -0.2) is 9.37 Å². The first kappa shape index (κ1) is 12.3. The molecule has 18 heavy (non-hydrogen) atoms. The van der Waals surface area contributed by atoms with Crippen LogP contribution in [-0.4, -0.2) is 22.4 Å². The molecule has 0 amide bonds. The summed E-state index contributed by atoms with van der Waals surface area (Å²) in [5.41, 5.74) is 0.308. The lowest BCUT2D eigenvalue weighted by Crippen LogP contribution is -2.11. The highest BCUT2D eigenvalue weighted by Crippen LogP contribution is 2.21. The lowest BCUT2D eigenvalue weighted by molar-refractivity contribution is 0.0979. The van der Waals surface area contributed by atoms with Gasteiger partial charge in [0.25, 0.3) is 0 Å². The molecule has 1 aromatic carbocycles. The second-order valence-corrected chi connectivity index (χ2v) is 3.90. The van der Waals surface area contributed by atoms with Crippen molar-refractivity contribution in [2.75, 3.05) is 7.11 Å². The zero-order valence-corrected chi connectivity index (χ0v) is 10.2. The van der Waals surface area contributed by atoms with Gasteiger partial charge in [-0.1, -0.05) is 12.1 Å². The van der Waals surface area contributed by atoms with Crippen LogP contribution in [0.15, 0.2) is 30.6 Å². The van der Waals surface area contributed by atoms with Crippen molar-refractivity contribution in [2.45, 2.75) is 6.42 Å². The maximum absolute atomic E-state index is 13.9. The monoisotopic (exact) mass is 248 g/mol. The lowest BCUT2D eigenvalue weighted by Gasteiger charge is -2.06. The van der Waals surface area contributed by atoms with Gasteiger partial charge in [-0.05, 0) is 11.6 Å². The minimum absolute atomic E-state index is 0.0338. The third-order valence-corrected chi connectivity index (χ3v) is 2.68. The van der Waals surface area contributed by atoms with Crippen LogP contribution in [0.3, 0.4) is 0 Å². The minimum atomic E-state index is -0.498. The number of rotatable bonds is 4. The Morgan fingerprint density at radius 2 is 2.28 bits per heavy atom. The number of hydrogen-bond donors (Lipinski definition) is 0. The maximum Gasteiger partial charge on any atom is 0.202 e. The first-order valence-corrected chi connectivity index (χ1v) is 5.45. The van der Waals surface area contributed by atoms with Crippen molar-refractivity contribution in [1.29, 1.82) is 0 Å². The van der Waals surface area contributed by atoms with Crippen LogP contribution in [0.25, 0.3) is 0 Å². The van der Waals surface area contributed by atoms with Crippen LogP contribution in [0, 0.1) is 5.82 Å². The number of hydrogen-bond acceptors (Lipinski definition) is 3. The second kappa shape index (κ2) is 5.00. The quantitative estimate of drug-likeness (QED) is 0.777. The van der Waals surface area contributed by atoms with Crippen molar-refractivity contribution < 1.29 is 13.9 Å². The predicted octanol–water partition coefficient (Wildman–Crippen LogP) is 1.99. The van der Waals surface area contributed by atoms with E-state index in [1.165, 1.54) is 19.4 Å². The Kier molecular flexibility index (Phi) is 3.41. The summed E-state index contributed by atoms with van der Waals surface area (Å²) < 4.78 is 20.4. The highest BCUT2D eigenvalue weighted by atomic mass is 19.1. The number of Topliss-reactive ketones (excluding diaryl/α,β-unsaturated/α-hetero) is 1. The molecular formula is C13H13FN2O2. The summed E-state index contributed by atoms with van der Waals surface area (Å²) in [5, 5.41) is 0. The van der Waals surface area contributed by atoms with E-state index in [1.54, 1.807) is 29.9 Å². The molecule has 0 N–H and O–H groups in total. The Balaban J connectivity index is 2.25. The third-order valence-electron chi connectivity index (χ3n) is 2.68. The van der Waals surface area contributed by atoms with Gasteiger partial charge in [0.2, 0.25) is 5.78 Å². The predicted molar refractivity (Wildman–Crippen MR) is 64.2 cm³/mol. The van der Waals surface area contributed by atoms with Gasteiger partial charge >= 0.3 is 0 Å². The molecule has 1 aromatic heterocycles. The van der Waals surface area contributed by atoms with Crippen LogP contribution in [0.4, 0.5) is 4.39 Å². The Hall–Kier alpha value is -2.17. The fourth-order valence-electron chi connectivity index (χ4n) is 1.74. The van der Waals surface area contributed by atoms with E-state index in [2.05, 4.69) is 4.98 Å². The molecule has 0 spiro atoms. The number of carbonyl (C=O) groups excluding carboxylic acids is 1. The average molecular weight is 248 g/mol. The van der Waals surface area contributed by atoms with Crippen molar-refractivity contribution in [3.63, 3.8) is 0 Å². The number of aryl methyl sites for hydroxylation is 1. The standard InChI is InChI=1S/C13H13FN2O2/c1-16-7-6-15-13(16)10(17)8-9-4-3-5-11(18-2)12(9)14/h3-7H,8H2,1-2H3. The molecule has 2 aromatic rings. The molecule has 0 aliphatic rings. The van der Waals surface area contributed by atoms with Crippen molar-refractivity contribution in [3.8, 4) is 5.75 Å². The molecule has 5 heteroatoms. The number of ketones is 1. The maximum atomic E-state index is 13.9. The SMILES string of the molecule is COc1cccc(CC(=O)c2nccn2C)c1F. The molecule has 1 heterocycles. The first-order valence-electron chi connectivity index (χ1n) is 5.45. The van der Waals surface area contributed by atoms with Gasteiger partial charge in [-0.2, -0.15) is 0 Å². The summed E-state index contributed by atoms with van der Waals surface area (Å²) in [4.78, 5) is 15.9. The average Bonchev–Trinajstić information content (AvgIpc) is 2.78. The summed E-state index contributed by atoms with van der Waals surface area (Å²) >= 11 is 0. The van der Waals surface area contributed by atoms with Crippen LogP contribution in [0.1, 0.15) is 16.2 Å². The van der Waals surface area contributed by atoms with Gasteiger partial charge in [-0.3, -0.25) is 4.79 Å². The van der Waals surface area contributed by atoms with Gasteiger partial charge in [-0.15, -0.1) is 0 Å². The van der Waals surface area contributed by atoms with Crippen molar-refractivity contribution in [3.05, 3.63) is 47.8 Å². The van der Waals surface area contributed by atoms with Gasteiger partial charge < -0.3 is 9.30 Å². The summed E-state index contributed by atoms with van der Waals surface area (Å²) in [7, 11) is 3.12. The van der Waals surface area contributed by atoms with Crippen LogP contribution in [0.5, 0.6) is 5.75 Å². The van der Waals surface area contributed by atoms with Crippen LogP contribution in [-0.2, 0) is 13.5 Å². The zero-order chi connectivity index (χ0) is 13.1. The smallest absolute Gasteiger partial charge is 0.202 e. The minimum Gasteiger partial charge on any atom is -0.494 e. The molecule has 0 atom stereocenters. The number of benzene rings is 1. The molecule has 0 radical (unpaired) electrons. The fourth-order valence-corrected chi connectivity index (χ4v) is 1.74. The third kappa shape index (κ3) is 2.25. The van der Waals surface area contributed by atoms with Gasteiger partial charge in [0, 0.05) is 25.9 Å². The molecule has 0 bridgehead atoms. The molecule has 0 aliphatic carbocycles. The van der Waals surface area contributed by atoms with Crippen LogP contribution in [0.2, 0.25) is 0 Å². The number of ether oxygens (including phenoxy) is 1. The highest BCUT2D eigenvalue weighted by molar-refractivity contribution is 5.94. The van der Waals surface area contributed by atoms with Gasteiger partial charge in [0.1, 0.15) is 0 Å². The van der Waals surface area contributed by atoms with E-state index in [9.17, 15) is 9.18 Å². The summed E-state index contributed by atoms with van der Waals surface area (Å²) in [6.45, 7) is 0. The molecule has 0 unspecified atom stereocenters. The molecule has 94 valence electrons. The molecule has 0 fully saturated rings. The van der Waals surface area contributed by atoms with Crippen LogP contribution < -0.4 is 4.74 Å². The molecule has 4 nitrogen and oxygen atoms in total. The van der Waals surface area contributed by atoms with Crippen molar-refractivity contribution in [2.24, 2.45) is 7.05 Å². The van der Waals surface area contributed by atoms with E-state index < -0.39 is 5.82 Å². The normalized spacial score (nSPS) is 10.4. The Bertz CT molecular complexity index is 578. The van der Waals surface area contributed by atoms with E-state index in [0.29, 0.717) is 11.4 Å². The summed E-state index contributed by atoms with van der Waals surface area (Å²) in [6.07, 6.45) is 3.18. The van der Waals surface area contributed by atoms with Crippen molar-refractivity contribution in [1.82, 2.24) is 9.55 Å². The number of imidazole rings is 1. The van der Waals surface area contributed by atoms with E-state index in [1.807, 2.05) is 0 Å².